The van der Waals surface area contributed by atoms with Gasteiger partial charge in [0.15, 0.2) is 0 Å². The highest BCUT2D eigenvalue weighted by Gasteiger charge is 2.33. The first-order valence-electron chi connectivity index (χ1n) is 6.77. The average molecular weight is 288 g/mol. The molecule has 1 fully saturated rings. The van der Waals surface area contributed by atoms with Gasteiger partial charge in [0.1, 0.15) is 5.69 Å². The predicted octanol–water partition coefficient (Wildman–Crippen LogP) is 2.42. The molecule has 0 saturated carbocycles. The minimum absolute atomic E-state index is 0.172. The maximum absolute atomic E-state index is 12.7. The summed E-state index contributed by atoms with van der Waals surface area (Å²) in [6, 6.07) is 1.35. The van der Waals surface area contributed by atoms with E-state index in [0.717, 1.165) is 25.6 Å². The first-order chi connectivity index (χ1) is 9.38. The van der Waals surface area contributed by atoms with Gasteiger partial charge in [-0.2, -0.15) is 13.2 Å². The quantitative estimate of drug-likeness (QED) is 0.836. The lowest BCUT2D eigenvalue weighted by molar-refractivity contribution is -0.141. The molecule has 20 heavy (non-hydrogen) atoms. The summed E-state index contributed by atoms with van der Waals surface area (Å²) in [4.78, 5) is 11.8. The van der Waals surface area contributed by atoms with Crippen molar-refractivity contribution in [1.82, 2.24) is 14.9 Å². The van der Waals surface area contributed by atoms with E-state index in [1.165, 1.54) is 6.20 Å². The van der Waals surface area contributed by atoms with Gasteiger partial charge in [-0.05, 0) is 26.3 Å². The van der Waals surface area contributed by atoms with E-state index in [2.05, 4.69) is 28.7 Å². The Balaban J connectivity index is 2.12. The van der Waals surface area contributed by atoms with Crippen molar-refractivity contribution in [2.45, 2.75) is 32.5 Å². The lowest BCUT2D eigenvalue weighted by Gasteiger charge is -2.25. The molecule has 2 rings (SSSR count). The summed E-state index contributed by atoms with van der Waals surface area (Å²) >= 11 is 0. The molecule has 7 heteroatoms. The average Bonchev–Trinajstić information content (AvgIpc) is 2.63. The molecule has 2 heterocycles. The fourth-order valence-electron chi connectivity index (χ4n) is 2.31. The summed E-state index contributed by atoms with van der Waals surface area (Å²) in [6.07, 6.45) is -2.35. The molecule has 0 bridgehead atoms. The highest BCUT2D eigenvalue weighted by atomic mass is 19.4. The third-order valence-corrected chi connectivity index (χ3v) is 3.48. The number of aromatic nitrogens is 2. The minimum atomic E-state index is -4.42. The molecule has 0 radical (unpaired) electrons. The fourth-order valence-corrected chi connectivity index (χ4v) is 2.31. The van der Waals surface area contributed by atoms with Crippen LogP contribution in [0.25, 0.3) is 0 Å². The molecule has 0 unspecified atom stereocenters. The van der Waals surface area contributed by atoms with Crippen molar-refractivity contribution >= 4 is 5.95 Å². The third kappa shape index (κ3) is 3.59. The van der Waals surface area contributed by atoms with E-state index in [-0.39, 0.29) is 5.95 Å². The standard InChI is InChI=1S/C13H19F3N4/c1-10(2)19-6-3-7-20(9-8-19)12-17-5-4-11(18-12)13(14,15)16/h4-5,10H,3,6-9H2,1-2H3. The van der Waals surface area contributed by atoms with Gasteiger partial charge in [-0.3, -0.25) is 4.90 Å². The van der Waals surface area contributed by atoms with Crippen LogP contribution in [0.5, 0.6) is 0 Å². The van der Waals surface area contributed by atoms with Crippen LogP contribution in [0.15, 0.2) is 12.3 Å². The van der Waals surface area contributed by atoms with Gasteiger partial charge < -0.3 is 4.90 Å². The maximum atomic E-state index is 12.7. The van der Waals surface area contributed by atoms with Gasteiger partial charge in [0.25, 0.3) is 0 Å². The Labute approximate surface area is 116 Å². The second-order valence-corrected chi connectivity index (χ2v) is 5.21. The highest BCUT2D eigenvalue weighted by Crippen LogP contribution is 2.28. The third-order valence-electron chi connectivity index (χ3n) is 3.48. The van der Waals surface area contributed by atoms with Crippen molar-refractivity contribution in [3.8, 4) is 0 Å². The molecule has 1 aromatic rings. The van der Waals surface area contributed by atoms with Crippen LogP contribution < -0.4 is 4.90 Å². The van der Waals surface area contributed by atoms with Crippen molar-refractivity contribution in [3.63, 3.8) is 0 Å². The van der Waals surface area contributed by atoms with Crippen LogP contribution in [-0.4, -0.2) is 47.1 Å². The van der Waals surface area contributed by atoms with Crippen molar-refractivity contribution in [1.29, 1.82) is 0 Å². The van der Waals surface area contributed by atoms with Crippen LogP contribution in [0.4, 0.5) is 19.1 Å². The summed E-state index contributed by atoms with van der Waals surface area (Å²) in [5.41, 5.74) is -0.882. The number of hydrogen-bond donors (Lipinski definition) is 0. The Bertz CT molecular complexity index is 447. The van der Waals surface area contributed by atoms with E-state index in [0.29, 0.717) is 19.1 Å². The normalized spacial score (nSPS) is 18.4. The zero-order valence-electron chi connectivity index (χ0n) is 11.7. The van der Waals surface area contributed by atoms with Gasteiger partial charge >= 0.3 is 6.18 Å². The first-order valence-corrected chi connectivity index (χ1v) is 6.77. The van der Waals surface area contributed by atoms with E-state index >= 15 is 0 Å². The molecule has 0 spiro atoms. The van der Waals surface area contributed by atoms with Gasteiger partial charge in [0, 0.05) is 38.4 Å². The van der Waals surface area contributed by atoms with E-state index in [4.69, 9.17) is 0 Å². The van der Waals surface area contributed by atoms with Crippen LogP contribution in [0.2, 0.25) is 0 Å². The molecular weight excluding hydrogens is 269 g/mol. The summed E-state index contributed by atoms with van der Waals surface area (Å²) in [7, 11) is 0. The largest absolute Gasteiger partial charge is 0.433 e. The molecule has 1 aromatic heterocycles. The molecule has 112 valence electrons. The number of anilines is 1. The molecule has 1 aliphatic rings. The monoisotopic (exact) mass is 288 g/mol. The van der Waals surface area contributed by atoms with Gasteiger partial charge in [0.2, 0.25) is 5.95 Å². The van der Waals surface area contributed by atoms with Crippen molar-refractivity contribution < 1.29 is 13.2 Å². The van der Waals surface area contributed by atoms with Crippen LogP contribution in [-0.2, 0) is 6.18 Å². The van der Waals surface area contributed by atoms with E-state index in [1.807, 2.05) is 4.90 Å². The molecule has 0 N–H and O–H groups in total. The number of alkyl halides is 3. The Morgan fingerprint density at radius 3 is 2.55 bits per heavy atom. The number of rotatable bonds is 2. The topological polar surface area (TPSA) is 32.3 Å². The molecule has 0 atom stereocenters. The molecule has 4 nitrogen and oxygen atoms in total. The Hall–Kier alpha value is -1.37. The Morgan fingerprint density at radius 1 is 1.15 bits per heavy atom. The number of nitrogens with zero attached hydrogens (tertiary/aromatic N) is 4. The lowest BCUT2D eigenvalue weighted by atomic mass is 10.3. The number of halogens is 3. The van der Waals surface area contributed by atoms with Crippen molar-refractivity contribution in [2.75, 3.05) is 31.1 Å². The van der Waals surface area contributed by atoms with E-state index in [9.17, 15) is 13.2 Å². The first kappa shape index (κ1) is 15.0. The minimum Gasteiger partial charge on any atom is -0.339 e. The fraction of sp³-hybridized carbons (Fsp3) is 0.692. The van der Waals surface area contributed by atoms with Gasteiger partial charge in [-0.1, -0.05) is 0 Å². The van der Waals surface area contributed by atoms with E-state index in [1.54, 1.807) is 0 Å². The van der Waals surface area contributed by atoms with Crippen LogP contribution in [0.3, 0.4) is 0 Å². The SMILES string of the molecule is CC(C)N1CCCN(c2nccc(C(F)(F)F)n2)CC1. The van der Waals surface area contributed by atoms with Crippen molar-refractivity contribution in [2.24, 2.45) is 0 Å². The van der Waals surface area contributed by atoms with Gasteiger partial charge in [-0.25, -0.2) is 9.97 Å². The highest BCUT2D eigenvalue weighted by molar-refractivity contribution is 5.31. The maximum Gasteiger partial charge on any atom is 0.433 e. The van der Waals surface area contributed by atoms with E-state index < -0.39 is 11.9 Å². The molecule has 0 amide bonds. The summed E-state index contributed by atoms with van der Waals surface area (Å²) in [6.45, 7) is 7.35. The zero-order chi connectivity index (χ0) is 14.8. The van der Waals surface area contributed by atoms with Crippen LogP contribution in [0.1, 0.15) is 26.0 Å². The predicted molar refractivity (Wildman–Crippen MR) is 70.6 cm³/mol. The Kier molecular flexibility index (Phi) is 4.47. The van der Waals surface area contributed by atoms with Crippen LogP contribution >= 0.6 is 0 Å². The van der Waals surface area contributed by atoms with Crippen molar-refractivity contribution in [3.05, 3.63) is 18.0 Å². The second-order valence-electron chi connectivity index (χ2n) is 5.21. The Morgan fingerprint density at radius 2 is 1.90 bits per heavy atom. The molecule has 0 aliphatic carbocycles. The smallest absolute Gasteiger partial charge is 0.339 e. The number of hydrogen-bond acceptors (Lipinski definition) is 4. The molecule has 1 saturated heterocycles. The summed E-state index contributed by atoms with van der Waals surface area (Å²) in [5, 5.41) is 0. The lowest BCUT2D eigenvalue weighted by Crippen LogP contribution is -2.35. The van der Waals surface area contributed by atoms with Gasteiger partial charge in [0.05, 0.1) is 0 Å². The molecular formula is C13H19F3N4. The second kappa shape index (κ2) is 5.95. The summed E-state index contributed by atoms with van der Waals surface area (Å²) in [5.74, 6) is 0.172. The molecule has 0 aromatic carbocycles. The zero-order valence-corrected chi connectivity index (χ0v) is 11.7. The van der Waals surface area contributed by atoms with Crippen LogP contribution in [0, 0.1) is 0 Å². The summed E-state index contributed by atoms with van der Waals surface area (Å²) < 4.78 is 38.0. The van der Waals surface area contributed by atoms with Gasteiger partial charge in [-0.15, -0.1) is 0 Å². The molecule has 1 aliphatic heterocycles.